The highest BCUT2D eigenvalue weighted by atomic mass is 16.5. The first-order chi connectivity index (χ1) is 23.0. The Labute approximate surface area is 273 Å². The van der Waals surface area contributed by atoms with Gasteiger partial charge in [-0.3, -0.25) is 14.4 Å². The maximum Gasteiger partial charge on any atom is 0.290 e. The molecular weight excluding hydrogens is 602 g/mol. The van der Waals surface area contributed by atoms with E-state index in [0.717, 1.165) is 47.7 Å². The number of para-hydroxylation sites is 1. The van der Waals surface area contributed by atoms with Gasteiger partial charge < -0.3 is 33.7 Å². The summed E-state index contributed by atoms with van der Waals surface area (Å²) in [5.41, 5.74) is 2.53. The number of carboxylic acid groups (broad SMARTS) is 1. The summed E-state index contributed by atoms with van der Waals surface area (Å²) in [5, 5.41) is 6.89. The Balaban J connectivity index is 0.00000139. The Morgan fingerprint density at radius 3 is 2.51 bits per heavy atom. The molecule has 0 saturated heterocycles. The molecule has 0 aliphatic carbocycles. The van der Waals surface area contributed by atoms with E-state index in [0.29, 0.717) is 57.2 Å². The minimum absolute atomic E-state index is 0.0460. The summed E-state index contributed by atoms with van der Waals surface area (Å²) < 4.78 is 19.6. The number of aromatic nitrogens is 3. The normalized spacial score (nSPS) is 16.6. The number of hydrogen-bond acceptors (Lipinski definition) is 8. The van der Waals surface area contributed by atoms with Crippen molar-refractivity contribution >= 4 is 18.3 Å². The van der Waals surface area contributed by atoms with Crippen LogP contribution in [0.25, 0.3) is 11.4 Å². The third kappa shape index (κ3) is 8.46. The van der Waals surface area contributed by atoms with Crippen molar-refractivity contribution < 1.29 is 33.7 Å². The van der Waals surface area contributed by atoms with E-state index in [2.05, 4.69) is 14.5 Å². The molecule has 4 aromatic rings. The van der Waals surface area contributed by atoms with E-state index in [4.69, 9.17) is 24.1 Å². The van der Waals surface area contributed by atoms with Gasteiger partial charge >= 0.3 is 0 Å². The predicted molar refractivity (Wildman–Crippen MR) is 174 cm³/mol. The summed E-state index contributed by atoms with van der Waals surface area (Å²) in [6.45, 7) is 2.89. The van der Waals surface area contributed by atoms with Crippen molar-refractivity contribution in [1.82, 2.24) is 24.3 Å². The molecule has 246 valence electrons. The maximum atomic E-state index is 13.7. The Kier molecular flexibility index (Phi) is 11.4. The van der Waals surface area contributed by atoms with Crippen LogP contribution in [0.5, 0.6) is 17.4 Å². The monoisotopic (exact) mass is 641 g/mol. The van der Waals surface area contributed by atoms with E-state index in [1.807, 2.05) is 64.5 Å². The van der Waals surface area contributed by atoms with Crippen molar-refractivity contribution in [3.05, 3.63) is 90.4 Å². The first-order valence-electron chi connectivity index (χ1n) is 15.7. The molecule has 1 N–H and O–H groups in total. The third-order valence-corrected chi connectivity index (χ3v) is 8.08. The van der Waals surface area contributed by atoms with Gasteiger partial charge in [-0.2, -0.15) is 0 Å². The minimum Gasteiger partial charge on any atom is -0.492 e. The Bertz CT molecular complexity index is 1630. The van der Waals surface area contributed by atoms with E-state index >= 15 is 0 Å². The topological polar surface area (TPSA) is 136 Å². The smallest absolute Gasteiger partial charge is 0.290 e. The average Bonchev–Trinajstić information content (AvgIpc) is 3.75. The van der Waals surface area contributed by atoms with Crippen LogP contribution in [0, 0.1) is 0 Å². The van der Waals surface area contributed by atoms with Crippen LogP contribution < -0.4 is 14.2 Å². The molecular formula is C35H39N5O7. The highest BCUT2D eigenvalue weighted by Crippen LogP contribution is 2.29. The number of amides is 2. The van der Waals surface area contributed by atoms with Crippen LogP contribution in [-0.4, -0.2) is 93.7 Å². The number of benzene rings is 2. The van der Waals surface area contributed by atoms with Crippen LogP contribution >= 0.6 is 0 Å². The number of methoxy groups -OCH3 is 1. The second-order valence-electron chi connectivity index (χ2n) is 11.1. The molecule has 2 amide bonds. The number of ether oxygens (including phenoxy) is 3. The van der Waals surface area contributed by atoms with Gasteiger partial charge in [0.2, 0.25) is 5.88 Å². The molecule has 2 bridgehead atoms. The second kappa shape index (κ2) is 16.3. The Hall–Kier alpha value is -5.39. The fraction of sp³-hybridized carbons (Fsp3) is 0.343. The predicted octanol–water partition coefficient (Wildman–Crippen LogP) is 4.19. The van der Waals surface area contributed by atoms with Crippen LogP contribution in [0.15, 0.2) is 79.3 Å². The lowest BCUT2D eigenvalue weighted by Crippen LogP contribution is -2.44. The second-order valence-corrected chi connectivity index (χ2v) is 11.1. The van der Waals surface area contributed by atoms with Crippen molar-refractivity contribution in [2.45, 2.75) is 38.3 Å². The molecule has 0 spiro atoms. The van der Waals surface area contributed by atoms with Crippen LogP contribution in [-0.2, 0) is 22.6 Å². The van der Waals surface area contributed by atoms with Crippen LogP contribution in [0.3, 0.4) is 0 Å². The molecule has 0 radical (unpaired) electrons. The number of fused-ring (bicyclic) bond motifs is 5. The number of nitrogens with zero attached hydrogens (tertiary/aromatic N) is 5. The molecule has 12 nitrogen and oxygen atoms in total. The number of carbonyl (C=O) groups is 3. The highest BCUT2D eigenvalue weighted by molar-refractivity contribution is 5.94. The quantitative estimate of drug-likeness (QED) is 0.327. The van der Waals surface area contributed by atoms with Crippen molar-refractivity contribution in [3.8, 4) is 28.8 Å². The summed E-state index contributed by atoms with van der Waals surface area (Å²) >= 11 is 0. The van der Waals surface area contributed by atoms with Gasteiger partial charge in [0.25, 0.3) is 18.3 Å². The van der Waals surface area contributed by atoms with Gasteiger partial charge in [-0.1, -0.05) is 30.3 Å². The van der Waals surface area contributed by atoms with Crippen molar-refractivity contribution in [2.75, 3.05) is 39.9 Å². The van der Waals surface area contributed by atoms with Gasteiger partial charge in [0.15, 0.2) is 6.10 Å². The fourth-order valence-electron chi connectivity index (χ4n) is 5.79. The number of carbonyl (C=O) groups excluding carboxylic acids is 2. The number of hydrogen-bond donors (Lipinski definition) is 1. The van der Waals surface area contributed by atoms with Gasteiger partial charge in [-0.05, 0) is 49.1 Å². The lowest BCUT2D eigenvalue weighted by atomic mass is 10.1. The van der Waals surface area contributed by atoms with Crippen molar-refractivity contribution in [2.24, 2.45) is 0 Å². The SMILES string of the molecule is COc1cc(C(=O)N2CCCCN(C(=O)C3Cc4ccccc4O3)CCOc3cccc(c3)-c3nccn3CCC2)ccn1.O=CO. The van der Waals surface area contributed by atoms with Gasteiger partial charge in [0, 0.05) is 68.4 Å². The summed E-state index contributed by atoms with van der Waals surface area (Å²) in [4.78, 5) is 48.2. The van der Waals surface area contributed by atoms with E-state index < -0.39 is 6.10 Å². The number of pyridine rings is 1. The lowest BCUT2D eigenvalue weighted by molar-refractivity contribution is -0.138. The number of aryl methyl sites for hydroxylation is 1. The summed E-state index contributed by atoms with van der Waals surface area (Å²) in [7, 11) is 1.54. The third-order valence-electron chi connectivity index (χ3n) is 8.08. The lowest BCUT2D eigenvalue weighted by Gasteiger charge is -2.27. The van der Waals surface area contributed by atoms with E-state index in [9.17, 15) is 9.59 Å². The van der Waals surface area contributed by atoms with Crippen LogP contribution in [0.4, 0.5) is 0 Å². The Morgan fingerprint density at radius 1 is 0.915 bits per heavy atom. The highest BCUT2D eigenvalue weighted by Gasteiger charge is 2.32. The molecule has 12 heteroatoms. The van der Waals surface area contributed by atoms with Crippen molar-refractivity contribution in [1.29, 1.82) is 0 Å². The summed E-state index contributed by atoms with van der Waals surface area (Å²) in [6.07, 6.45) is 7.56. The fourth-order valence-corrected chi connectivity index (χ4v) is 5.79. The van der Waals surface area contributed by atoms with E-state index in [-0.39, 0.29) is 18.3 Å². The average molecular weight is 642 g/mol. The molecule has 0 fully saturated rings. The van der Waals surface area contributed by atoms with Gasteiger partial charge in [0.1, 0.15) is 23.9 Å². The summed E-state index contributed by atoms with van der Waals surface area (Å²) in [6, 6.07) is 19.1. The zero-order valence-electron chi connectivity index (χ0n) is 26.4. The molecule has 2 aliphatic rings. The van der Waals surface area contributed by atoms with E-state index in [1.165, 1.54) is 7.11 Å². The molecule has 4 heterocycles. The molecule has 1 unspecified atom stereocenters. The van der Waals surface area contributed by atoms with Crippen LogP contribution in [0.1, 0.15) is 35.2 Å². The molecule has 0 saturated carbocycles. The Morgan fingerprint density at radius 2 is 1.70 bits per heavy atom. The molecule has 2 aliphatic heterocycles. The zero-order chi connectivity index (χ0) is 33.0. The summed E-state index contributed by atoms with van der Waals surface area (Å²) in [5.74, 6) is 2.62. The first kappa shape index (κ1) is 33.0. The van der Waals surface area contributed by atoms with Crippen LogP contribution in [0.2, 0.25) is 0 Å². The largest absolute Gasteiger partial charge is 0.492 e. The molecule has 6 rings (SSSR count). The molecule has 2 aromatic carbocycles. The number of rotatable bonds is 3. The van der Waals surface area contributed by atoms with E-state index in [1.54, 1.807) is 24.5 Å². The maximum absolute atomic E-state index is 13.7. The van der Waals surface area contributed by atoms with Gasteiger partial charge in [-0.15, -0.1) is 0 Å². The van der Waals surface area contributed by atoms with Gasteiger partial charge in [0.05, 0.1) is 13.7 Å². The minimum atomic E-state index is -0.552. The molecule has 2 aromatic heterocycles. The number of imidazole rings is 1. The molecule has 47 heavy (non-hydrogen) atoms. The standard InChI is InChI=1S/C34H37N5O5.CH2O2/c1-42-31-24-27(12-13-35-31)33(40)38-15-4-5-16-39(34(41)30-23-25-8-2-3-11-29(25)44-30)20-21-43-28-10-6-9-26(22-28)32-36-14-19-37(32)17-7-18-38;2-1-3/h2-3,6,8-14,19,22,24,30H,4-5,7,15-18,20-21,23H2,1H3;1H,(H,2,3). The molecule has 1 atom stereocenters. The van der Waals surface area contributed by atoms with Gasteiger partial charge in [-0.25, -0.2) is 9.97 Å². The van der Waals surface area contributed by atoms with Crippen molar-refractivity contribution in [3.63, 3.8) is 0 Å². The zero-order valence-corrected chi connectivity index (χ0v) is 26.4. The first-order valence-corrected chi connectivity index (χ1v) is 15.7.